The number of nitrogens with one attached hydrogen (secondary N) is 1. The van der Waals surface area contributed by atoms with Crippen LogP contribution >= 0.6 is 0 Å². The molecule has 0 saturated carbocycles. The third kappa shape index (κ3) is 1.32. The van der Waals surface area contributed by atoms with Gasteiger partial charge < -0.3 is 11.1 Å². The number of carbonyl (C=O) groups excluding carboxylic acids is 2. The minimum absolute atomic E-state index is 0.262. The largest absolute Gasteiger partial charge is 0.399 e. The second kappa shape index (κ2) is 3.23. The standard InChI is InChI=1S/C11H13N3O2/c1-11(7-3-5-8(12)6-4-7)9(15)14(2)10(16)13-11/h3-6H,12H2,1-2H3,(H,13,16)/t11-/m1/s1. The molecule has 0 radical (unpaired) electrons. The van der Waals surface area contributed by atoms with E-state index in [-0.39, 0.29) is 11.9 Å². The second-order valence-electron chi connectivity index (χ2n) is 4.04. The van der Waals surface area contributed by atoms with E-state index in [0.717, 1.165) is 10.5 Å². The van der Waals surface area contributed by atoms with Gasteiger partial charge in [0.25, 0.3) is 5.91 Å². The number of carbonyl (C=O) groups is 2. The SMILES string of the molecule is CN1C(=O)N[C@](C)(c2ccc(N)cc2)C1=O. The molecule has 3 N–H and O–H groups in total. The number of rotatable bonds is 1. The van der Waals surface area contributed by atoms with Crippen molar-refractivity contribution in [2.45, 2.75) is 12.5 Å². The Morgan fingerprint density at radius 3 is 2.25 bits per heavy atom. The van der Waals surface area contributed by atoms with Gasteiger partial charge in [0, 0.05) is 12.7 Å². The van der Waals surface area contributed by atoms with Crippen molar-refractivity contribution in [2.24, 2.45) is 0 Å². The Kier molecular flexibility index (Phi) is 2.11. The van der Waals surface area contributed by atoms with Gasteiger partial charge in [0.05, 0.1) is 0 Å². The summed E-state index contributed by atoms with van der Waals surface area (Å²) in [6, 6.07) is 6.51. The zero-order valence-electron chi connectivity index (χ0n) is 9.15. The molecule has 0 aliphatic carbocycles. The molecular formula is C11H13N3O2. The summed E-state index contributed by atoms with van der Waals surface area (Å²) in [6.45, 7) is 1.68. The number of nitrogens with zero attached hydrogens (tertiary/aromatic N) is 1. The first-order valence-corrected chi connectivity index (χ1v) is 4.91. The van der Waals surface area contributed by atoms with E-state index < -0.39 is 5.54 Å². The number of likely N-dealkylation sites (N-methyl/N-ethyl adjacent to an activating group) is 1. The van der Waals surface area contributed by atoms with Gasteiger partial charge in [-0.15, -0.1) is 0 Å². The number of hydrogen-bond donors (Lipinski definition) is 2. The summed E-state index contributed by atoms with van der Waals surface area (Å²) in [6.07, 6.45) is 0. The maximum Gasteiger partial charge on any atom is 0.325 e. The zero-order valence-corrected chi connectivity index (χ0v) is 9.15. The number of anilines is 1. The van der Waals surface area contributed by atoms with Crippen LogP contribution in [0.25, 0.3) is 0 Å². The lowest BCUT2D eigenvalue weighted by Crippen LogP contribution is -2.40. The van der Waals surface area contributed by atoms with Crippen molar-refractivity contribution >= 4 is 17.6 Å². The molecule has 1 atom stereocenters. The molecule has 1 aliphatic heterocycles. The van der Waals surface area contributed by atoms with Crippen LogP contribution in [0.1, 0.15) is 12.5 Å². The quantitative estimate of drug-likeness (QED) is 0.538. The Morgan fingerprint density at radius 2 is 1.81 bits per heavy atom. The molecule has 1 aromatic carbocycles. The highest BCUT2D eigenvalue weighted by Crippen LogP contribution is 2.28. The lowest BCUT2D eigenvalue weighted by atomic mass is 9.92. The van der Waals surface area contributed by atoms with Crippen molar-refractivity contribution in [3.8, 4) is 0 Å². The second-order valence-corrected chi connectivity index (χ2v) is 4.04. The molecule has 0 unspecified atom stereocenters. The Bertz CT molecular complexity index is 455. The lowest BCUT2D eigenvalue weighted by molar-refractivity contribution is -0.130. The van der Waals surface area contributed by atoms with Crippen LogP contribution in [0.2, 0.25) is 0 Å². The molecule has 1 fully saturated rings. The number of hydrogen-bond acceptors (Lipinski definition) is 3. The van der Waals surface area contributed by atoms with Gasteiger partial charge in [-0.25, -0.2) is 4.79 Å². The molecule has 5 heteroatoms. The Hall–Kier alpha value is -2.04. The summed E-state index contributed by atoms with van der Waals surface area (Å²) in [5.74, 6) is -0.262. The highest BCUT2D eigenvalue weighted by atomic mass is 16.2. The first-order valence-electron chi connectivity index (χ1n) is 4.91. The van der Waals surface area contributed by atoms with E-state index in [9.17, 15) is 9.59 Å². The van der Waals surface area contributed by atoms with Crippen LogP contribution in [0.3, 0.4) is 0 Å². The summed E-state index contributed by atoms with van der Waals surface area (Å²) >= 11 is 0. The molecule has 3 amide bonds. The highest BCUT2D eigenvalue weighted by Gasteiger charge is 2.47. The number of imide groups is 1. The summed E-state index contributed by atoms with van der Waals surface area (Å²) in [5.41, 5.74) is 5.94. The Labute approximate surface area is 93.2 Å². The topological polar surface area (TPSA) is 75.4 Å². The van der Waals surface area contributed by atoms with Crippen molar-refractivity contribution < 1.29 is 9.59 Å². The fourth-order valence-corrected chi connectivity index (χ4v) is 1.79. The van der Waals surface area contributed by atoms with Gasteiger partial charge in [0.15, 0.2) is 0 Å². The van der Waals surface area contributed by atoms with Crippen LogP contribution in [-0.2, 0) is 10.3 Å². The van der Waals surface area contributed by atoms with Crippen LogP contribution in [0.4, 0.5) is 10.5 Å². The van der Waals surface area contributed by atoms with Crippen LogP contribution in [0.15, 0.2) is 24.3 Å². The Balaban J connectivity index is 2.44. The number of benzene rings is 1. The molecule has 1 heterocycles. The van der Waals surface area contributed by atoms with Crippen molar-refractivity contribution in [1.82, 2.24) is 10.2 Å². The predicted octanol–water partition coefficient (Wildman–Crippen LogP) is 0.666. The van der Waals surface area contributed by atoms with E-state index in [1.165, 1.54) is 7.05 Å². The minimum Gasteiger partial charge on any atom is -0.399 e. The average molecular weight is 219 g/mol. The molecule has 2 rings (SSSR count). The normalized spacial score (nSPS) is 24.8. The number of urea groups is 1. The van der Waals surface area contributed by atoms with Crippen LogP contribution in [-0.4, -0.2) is 23.9 Å². The van der Waals surface area contributed by atoms with Crippen LogP contribution in [0, 0.1) is 0 Å². The number of nitrogens with two attached hydrogens (primary N) is 1. The molecule has 0 aromatic heterocycles. The monoisotopic (exact) mass is 219 g/mol. The predicted molar refractivity (Wildman–Crippen MR) is 59.5 cm³/mol. The zero-order chi connectivity index (χ0) is 11.9. The number of amides is 3. The molecule has 0 spiro atoms. The van der Waals surface area contributed by atoms with Gasteiger partial charge in [-0.1, -0.05) is 12.1 Å². The van der Waals surface area contributed by atoms with Crippen LogP contribution < -0.4 is 11.1 Å². The number of nitrogen functional groups attached to an aromatic ring is 1. The fourth-order valence-electron chi connectivity index (χ4n) is 1.79. The van der Waals surface area contributed by atoms with Crippen molar-refractivity contribution in [2.75, 3.05) is 12.8 Å². The van der Waals surface area contributed by atoms with Gasteiger partial charge in [0.1, 0.15) is 5.54 Å². The maximum absolute atomic E-state index is 11.9. The van der Waals surface area contributed by atoms with Crippen LogP contribution in [0.5, 0.6) is 0 Å². The fraction of sp³-hybridized carbons (Fsp3) is 0.273. The third-order valence-electron chi connectivity index (χ3n) is 2.88. The summed E-state index contributed by atoms with van der Waals surface area (Å²) in [7, 11) is 1.46. The summed E-state index contributed by atoms with van der Waals surface area (Å²) in [4.78, 5) is 24.4. The van der Waals surface area contributed by atoms with E-state index in [2.05, 4.69) is 5.32 Å². The average Bonchev–Trinajstić information content (AvgIpc) is 2.45. The van der Waals surface area contributed by atoms with Gasteiger partial charge in [-0.3, -0.25) is 9.69 Å². The van der Waals surface area contributed by atoms with E-state index >= 15 is 0 Å². The van der Waals surface area contributed by atoms with Gasteiger partial charge in [0.2, 0.25) is 0 Å². The van der Waals surface area contributed by atoms with Crippen molar-refractivity contribution in [1.29, 1.82) is 0 Å². The molecular weight excluding hydrogens is 206 g/mol. The molecule has 16 heavy (non-hydrogen) atoms. The lowest BCUT2D eigenvalue weighted by Gasteiger charge is -2.21. The van der Waals surface area contributed by atoms with Crippen molar-refractivity contribution in [3.63, 3.8) is 0 Å². The summed E-state index contributed by atoms with van der Waals surface area (Å²) in [5, 5.41) is 2.66. The highest BCUT2D eigenvalue weighted by molar-refractivity contribution is 6.06. The van der Waals surface area contributed by atoms with E-state index in [0.29, 0.717) is 5.69 Å². The van der Waals surface area contributed by atoms with E-state index in [1.54, 1.807) is 31.2 Å². The minimum atomic E-state index is -0.987. The first kappa shape index (κ1) is 10.5. The smallest absolute Gasteiger partial charge is 0.325 e. The molecule has 1 aromatic rings. The molecule has 84 valence electrons. The molecule has 1 saturated heterocycles. The third-order valence-corrected chi connectivity index (χ3v) is 2.88. The van der Waals surface area contributed by atoms with E-state index in [4.69, 9.17) is 5.73 Å². The maximum atomic E-state index is 11.9. The molecule has 0 bridgehead atoms. The van der Waals surface area contributed by atoms with Gasteiger partial charge >= 0.3 is 6.03 Å². The molecule has 5 nitrogen and oxygen atoms in total. The van der Waals surface area contributed by atoms with Gasteiger partial charge in [-0.2, -0.15) is 0 Å². The van der Waals surface area contributed by atoms with E-state index in [1.807, 2.05) is 0 Å². The van der Waals surface area contributed by atoms with Gasteiger partial charge in [-0.05, 0) is 24.6 Å². The molecule has 1 aliphatic rings. The van der Waals surface area contributed by atoms with Crippen molar-refractivity contribution in [3.05, 3.63) is 29.8 Å². The first-order chi connectivity index (χ1) is 7.45. The summed E-state index contributed by atoms with van der Waals surface area (Å²) < 4.78 is 0. The Morgan fingerprint density at radius 1 is 1.25 bits per heavy atom.